The number of halogens is 1. The molecule has 0 saturated carbocycles. The lowest BCUT2D eigenvalue weighted by Crippen LogP contribution is -2.57. The number of β-amino-alcohol motifs (C(OH)–C–C–N with tert-alkyl or cyclic N) is 1. The van der Waals surface area contributed by atoms with Crippen molar-refractivity contribution in [2.24, 2.45) is 10.8 Å². The largest absolute Gasteiger partial charge is 0.491 e. The van der Waals surface area contributed by atoms with Gasteiger partial charge < -0.3 is 34.2 Å². The van der Waals surface area contributed by atoms with Crippen LogP contribution in [0.15, 0.2) is 79.2 Å². The van der Waals surface area contributed by atoms with Crippen molar-refractivity contribution < 1.29 is 34.0 Å². The molecule has 3 aromatic rings. The topological polar surface area (TPSA) is 149 Å². The van der Waals surface area contributed by atoms with E-state index in [2.05, 4.69) is 72.3 Å². The normalized spacial score (nSPS) is 21.9. The van der Waals surface area contributed by atoms with Gasteiger partial charge >= 0.3 is 12.1 Å². The van der Waals surface area contributed by atoms with Crippen LogP contribution < -0.4 is 9.47 Å². The van der Waals surface area contributed by atoms with Crippen LogP contribution in [0, 0.1) is 22.2 Å². The predicted octanol–water partition coefficient (Wildman–Crippen LogP) is 7.97. The first-order chi connectivity index (χ1) is 28.6. The Balaban J connectivity index is 1.27. The molecular formula is C47H58ClN5O7. The molecule has 0 radical (unpaired) electrons. The van der Waals surface area contributed by atoms with E-state index in [-0.39, 0.29) is 44.3 Å². The molecule has 0 spiro atoms. The molecule has 1 aromatic heterocycles. The van der Waals surface area contributed by atoms with E-state index >= 15 is 0 Å². The minimum absolute atomic E-state index is 0.0488. The summed E-state index contributed by atoms with van der Waals surface area (Å²) in [6.07, 6.45) is 12.5. The minimum Gasteiger partial charge on any atom is -0.491 e. The Morgan fingerprint density at radius 2 is 1.80 bits per heavy atom. The number of aliphatic carboxylic acids is 1. The van der Waals surface area contributed by atoms with E-state index in [9.17, 15) is 25.1 Å². The molecule has 3 heterocycles. The van der Waals surface area contributed by atoms with Gasteiger partial charge in [0.05, 0.1) is 29.8 Å². The van der Waals surface area contributed by atoms with E-state index < -0.39 is 29.1 Å². The Labute approximate surface area is 359 Å². The van der Waals surface area contributed by atoms with E-state index in [1.54, 1.807) is 50.1 Å². The summed E-state index contributed by atoms with van der Waals surface area (Å²) in [5.74, 6) is -0.193. The number of piperazine rings is 1. The molecule has 2 saturated heterocycles. The van der Waals surface area contributed by atoms with Gasteiger partial charge in [0.15, 0.2) is 0 Å². The maximum Gasteiger partial charge on any atom is 0.410 e. The van der Waals surface area contributed by atoms with Crippen LogP contribution in [0.2, 0.25) is 5.02 Å². The van der Waals surface area contributed by atoms with Crippen LogP contribution in [0.5, 0.6) is 11.5 Å². The predicted molar refractivity (Wildman–Crippen MR) is 231 cm³/mol. The van der Waals surface area contributed by atoms with Gasteiger partial charge in [-0.1, -0.05) is 80.4 Å². The second-order valence-corrected chi connectivity index (χ2v) is 18.1. The average molecular weight is 840 g/mol. The number of aromatic nitrogens is 1. The third-order valence-electron chi connectivity index (χ3n) is 12.0. The lowest BCUT2D eigenvalue weighted by atomic mass is 9.57. The number of allylic oxidation sites excluding steroid dienone is 3. The van der Waals surface area contributed by atoms with Crippen molar-refractivity contribution in [2.45, 2.75) is 91.2 Å². The SMILES string of the molecule is CC(C)(C)OC(=O)N1CCN(Cc2cc(Cl)c(OCC3(CCCCN4CC[C@@H](O)C4)C=CC=C(c4ccccc4)C3(C)C)cc2OCc2cncc(C#N)c2)[C@H](C(=O)O)C1. The van der Waals surface area contributed by atoms with Crippen molar-refractivity contribution in [3.8, 4) is 17.6 Å². The van der Waals surface area contributed by atoms with E-state index in [0.717, 1.165) is 50.9 Å². The molecule has 2 N–H and O–H groups in total. The molecule has 60 heavy (non-hydrogen) atoms. The highest BCUT2D eigenvalue weighted by Crippen LogP contribution is 2.55. The fourth-order valence-corrected chi connectivity index (χ4v) is 8.71. The summed E-state index contributed by atoms with van der Waals surface area (Å²) in [5, 5.41) is 30.2. The molecule has 3 aliphatic rings. The average Bonchev–Trinajstić information content (AvgIpc) is 3.63. The van der Waals surface area contributed by atoms with Crippen LogP contribution in [0.4, 0.5) is 4.79 Å². The molecule has 1 aliphatic carbocycles. The van der Waals surface area contributed by atoms with E-state index in [4.69, 9.17) is 25.8 Å². The van der Waals surface area contributed by atoms with E-state index in [0.29, 0.717) is 39.8 Å². The molecule has 320 valence electrons. The highest BCUT2D eigenvalue weighted by molar-refractivity contribution is 6.32. The van der Waals surface area contributed by atoms with Crippen LogP contribution in [0.1, 0.15) is 82.6 Å². The first-order valence-electron chi connectivity index (χ1n) is 20.8. The molecule has 6 rings (SSSR count). The number of pyridine rings is 1. The Hall–Kier alpha value is -4.93. The maximum atomic E-state index is 12.9. The van der Waals surface area contributed by atoms with Gasteiger partial charge in [-0.2, -0.15) is 5.26 Å². The van der Waals surface area contributed by atoms with Gasteiger partial charge in [0.25, 0.3) is 0 Å². The molecule has 12 nitrogen and oxygen atoms in total. The second-order valence-electron chi connectivity index (χ2n) is 17.7. The van der Waals surface area contributed by atoms with Gasteiger partial charge in [-0.3, -0.25) is 14.7 Å². The third kappa shape index (κ3) is 10.9. The fourth-order valence-electron chi connectivity index (χ4n) is 8.47. The lowest BCUT2D eigenvalue weighted by molar-refractivity contribution is -0.145. The lowest BCUT2D eigenvalue weighted by Gasteiger charge is -2.48. The number of unbranched alkanes of at least 4 members (excludes halogenated alkanes) is 1. The number of nitrogens with zero attached hydrogens (tertiary/aromatic N) is 5. The molecule has 2 fully saturated rings. The van der Waals surface area contributed by atoms with Crippen LogP contribution in [-0.4, -0.2) is 106 Å². The quantitative estimate of drug-likeness (QED) is 0.144. The summed E-state index contributed by atoms with van der Waals surface area (Å²) < 4.78 is 18.8. The zero-order valence-corrected chi connectivity index (χ0v) is 36.2. The van der Waals surface area contributed by atoms with Crippen LogP contribution in [0.3, 0.4) is 0 Å². The van der Waals surface area contributed by atoms with Gasteiger partial charge in [-0.15, -0.1) is 0 Å². The molecule has 0 bridgehead atoms. The Bertz CT molecular complexity index is 2100. The van der Waals surface area contributed by atoms with Gasteiger partial charge in [0.1, 0.15) is 35.8 Å². The van der Waals surface area contributed by atoms with Crippen molar-refractivity contribution in [3.05, 3.63) is 106 Å². The van der Waals surface area contributed by atoms with Gasteiger partial charge in [0, 0.05) is 73.1 Å². The summed E-state index contributed by atoms with van der Waals surface area (Å²) in [7, 11) is 0. The number of nitriles is 1. The highest BCUT2D eigenvalue weighted by Gasteiger charge is 2.47. The zero-order chi connectivity index (χ0) is 43.1. The summed E-state index contributed by atoms with van der Waals surface area (Å²) >= 11 is 7.08. The monoisotopic (exact) mass is 839 g/mol. The number of aliphatic hydroxyl groups is 1. The fraction of sp³-hybridized carbons (Fsp3) is 0.489. The molecule has 13 heteroatoms. The number of carbonyl (C=O) groups is 2. The molecule has 1 amide bonds. The number of likely N-dealkylation sites (tertiary alicyclic amines) is 1. The van der Waals surface area contributed by atoms with Crippen molar-refractivity contribution in [3.63, 3.8) is 0 Å². The number of carbonyl (C=O) groups excluding carboxylic acids is 1. The van der Waals surface area contributed by atoms with E-state index in [1.807, 2.05) is 6.07 Å². The standard InChI is InChI=1S/C47H58ClN5O7/c1-45(2,3)60-44(57)53-21-20-52(40(30-53)43(55)56)28-36-23-39(48)42(24-41(36)58-31-34-22-33(25-49)26-50-27-34)59-32-47(16-9-10-18-51-19-15-37(54)29-51)17-11-14-38(46(47,4)5)35-12-7-6-8-13-35/h6-8,11-14,17,22-24,26-27,37,40,54H,9-10,15-16,18-21,28-32H2,1-5H3,(H,55,56)/t37-,40+,47?/m1/s1. The summed E-state index contributed by atoms with van der Waals surface area (Å²) in [5.41, 5.74) is 2.61. The van der Waals surface area contributed by atoms with Crippen LogP contribution >= 0.6 is 11.6 Å². The number of amides is 1. The number of hydrogen-bond acceptors (Lipinski definition) is 10. The maximum absolute atomic E-state index is 12.9. The number of carboxylic acids is 1. The zero-order valence-electron chi connectivity index (χ0n) is 35.4. The van der Waals surface area contributed by atoms with Crippen molar-refractivity contribution in [1.82, 2.24) is 19.7 Å². The highest BCUT2D eigenvalue weighted by atomic mass is 35.5. The van der Waals surface area contributed by atoms with Crippen molar-refractivity contribution >= 4 is 29.2 Å². The number of benzene rings is 2. The van der Waals surface area contributed by atoms with E-state index in [1.165, 1.54) is 16.7 Å². The first kappa shape index (κ1) is 44.6. The number of hydrogen-bond donors (Lipinski definition) is 2. The number of rotatable bonds is 15. The minimum atomic E-state index is -1.06. The van der Waals surface area contributed by atoms with Gasteiger partial charge in [0.2, 0.25) is 0 Å². The van der Waals surface area contributed by atoms with Crippen LogP contribution in [0.25, 0.3) is 5.57 Å². The summed E-state index contributed by atoms with van der Waals surface area (Å²) in [6.45, 7) is 13.5. The second kappa shape index (κ2) is 19.2. The Kier molecular flexibility index (Phi) is 14.3. The number of carboxylic acid groups (broad SMARTS) is 1. The van der Waals surface area contributed by atoms with Crippen LogP contribution in [-0.2, 0) is 22.7 Å². The Morgan fingerprint density at radius 1 is 1.02 bits per heavy atom. The molecular weight excluding hydrogens is 782 g/mol. The molecule has 2 aromatic carbocycles. The van der Waals surface area contributed by atoms with Crippen molar-refractivity contribution in [2.75, 3.05) is 45.9 Å². The first-order valence-corrected chi connectivity index (χ1v) is 21.2. The van der Waals surface area contributed by atoms with Gasteiger partial charge in [-0.05, 0) is 69.8 Å². The molecule has 2 aliphatic heterocycles. The summed E-state index contributed by atoms with van der Waals surface area (Å²) in [6, 6.07) is 16.8. The van der Waals surface area contributed by atoms with Crippen molar-refractivity contribution in [1.29, 1.82) is 5.26 Å². The third-order valence-corrected chi connectivity index (χ3v) is 12.3. The Morgan fingerprint density at radius 3 is 2.50 bits per heavy atom. The number of ether oxygens (including phenoxy) is 3. The smallest absolute Gasteiger partial charge is 0.410 e. The molecule has 3 atom stereocenters. The molecule has 1 unspecified atom stereocenters. The number of aliphatic hydroxyl groups excluding tert-OH is 1. The van der Waals surface area contributed by atoms with Gasteiger partial charge in [-0.25, -0.2) is 4.79 Å². The summed E-state index contributed by atoms with van der Waals surface area (Å²) in [4.78, 5) is 35.3.